The van der Waals surface area contributed by atoms with E-state index in [4.69, 9.17) is 10.5 Å². The lowest BCUT2D eigenvalue weighted by molar-refractivity contribution is 0.0526. The van der Waals surface area contributed by atoms with Crippen LogP contribution in [0.2, 0.25) is 0 Å². The third-order valence-electron chi connectivity index (χ3n) is 2.77. The van der Waals surface area contributed by atoms with E-state index in [0.717, 1.165) is 9.79 Å². The summed E-state index contributed by atoms with van der Waals surface area (Å²) >= 11 is 1.58. The van der Waals surface area contributed by atoms with Gasteiger partial charge in [-0.25, -0.2) is 4.79 Å². The first-order chi connectivity index (χ1) is 9.60. The van der Waals surface area contributed by atoms with Gasteiger partial charge in [-0.2, -0.15) is 0 Å². The van der Waals surface area contributed by atoms with Crippen LogP contribution in [0.15, 0.2) is 52.3 Å². The van der Waals surface area contributed by atoms with E-state index in [2.05, 4.69) is 31.2 Å². The van der Waals surface area contributed by atoms with Crippen molar-refractivity contribution < 1.29 is 9.53 Å². The van der Waals surface area contributed by atoms with E-state index in [1.165, 1.54) is 5.56 Å². The summed E-state index contributed by atoms with van der Waals surface area (Å²) in [6, 6.07) is 13.5. The van der Waals surface area contributed by atoms with Crippen LogP contribution in [0.25, 0.3) is 0 Å². The normalized spacial score (nSPS) is 10.3. The number of nitrogens with two attached hydrogens (primary N) is 1. The fraction of sp³-hybridized carbons (Fsp3) is 0.188. The minimum absolute atomic E-state index is 0.342. The van der Waals surface area contributed by atoms with Crippen molar-refractivity contribution >= 4 is 23.4 Å². The third-order valence-corrected chi connectivity index (χ3v) is 3.87. The number of nitrogen functional groups attached to an aromatic ring is 1. The number of benzene rings is 2. The highest BCUT2D eigenvalue weighted by atomic mass is 32.2. The second-order valence-electron chi connectivity index (χ2n) is 4.39. The highest BCUT2D eigenvalue weighted by Gasteiger charge is 2.09. The molecule has 2 rings (SSSR count). The Labute approximate surface area is 123 Å². The van der Waals surface area contributed by atoms with Gasteiger partial charge in [-0.15, -0.1) is 0 Å². The molecule has 0 radical (unpaired) electrons. The topological polar surface area (TPSA) is 52.3 Å². The molecule has 0 saturated carbocycles. The van der Waals surface area contributed by atoms with E-state index < -0.39 is 0 Å². The minimum atomic E-state index is -0.342. The minimum Gasteiger partial charge on any atom is -0.462 e. The molecule has 0 aliphatic heterocycles. The molecule has 4 heteroatoms. The zero-order valence-corrected chi connectivity index (χ0v) is 12.4. The number of hydrogen-bond donors (Lipinski definition) is 1. The van der Waals surface area contributed by atoms with Crippen LogP contribution in [0.5, 0.6) is 0 Å². The van der Waals surface area contributed by atoms with Crippen molar-refractivity contribution in [3.63, 3.8) is 0 Å². The molecule has 0 aliphatic carbocycles. The van der Waals surface area contributed by atoms with E-state index in [9.17, 15) is 4.79 Å². The lowest BCUT2D eigenvalue weighted by Crippen LogP contribution is -2.05. The Hall–Kier alpha value is -1.94. The fourth-order valence-corrected chi connectivity index (χ4v) is 2.56. The van der Waals surface area contributed by atoms with Crippen molar-refractivity contribution in [3.8, 4) is 0 Å². The number of rotatable bonds is 4. The van der Waals surface area contributed by atoms with Gasteiger partial charge in [0.1, 0.15) is 0 Å². The quantitative estimate of drug-likeness (QED) is 0.684. The van der Waals surface area contributed by atoms with Gasteiger partial charge in [0.2, 0.25) is 0 Å². The Morgan fingerprint density at radius 3 is 2.50 bits per heavy atom. The summed E-state index contributed by atoms with van der Waals surface area (Å²) in [4.78, 5) is 13.7. The largest absolute Gasteiger partial charge is 0.462 e. The molecular weight excluding hydrogens is 270 g/mol. The Kier molecular flexibility index (Phi) is 4.69. The number of carbonyl (C=O) groups is 1. The zero-order chi connectivity index (χ0) is 14.5. The van der Waals surface area contributed by atoms with E-state index in [1.807, 2.05) is 6.07 Å². The molecule has 2 aromatic carbocycles. The van der Waals surface area contributed by atoms with Crippen LogP contribution in [0.1, 0.15) is 22.8 Å². The Morgan fingerprint density at radius 2 is 1.90 bits per heavy atom. The average Bonchev–Trinajstić information content (AvgIpc) is 2.43. The number of aryl methyl sites for hydroxylation is 1. The fourth-order valence-electron chi connectivity index (χ4n) is 1.72. The molecular formula is C16H17NO2S. The second-order valence-corrected chi connectivity index (χ2v) is 5.50. The molecule has 0 aromatic heterocycles. The summed E-state index contributed by atoms with van der Waals surface area (Å²) in [5.41, 5.74) is 8.29. The molecule has 0 saturated heterocycles. The van der Waals surface area contributed by atoms with Crippen LogP contribution >= 0.6 is 11.8 Å². The van der Waals surface area contributed by atoms with Crippen LogP contribution in [0, 0.1) is 6.92 Å². The standard InChI is InChI=1S/C16H17NO2S/c1-3-19-16(18)12-6-9-15(14(17)10-12)20-13-7-4-11(2)5-8-13/h4-10H,3,17H2,1-2H3. The number of hydrogen-bond acceptors (Lipinski definition) is 4. The van der Waals surface area contributed by atoms with Crippen LogP contribution in [0.4, 0.5) is 5.69 Å². The Bertz CT molecular complexity index is 608. The first kappa shape index (κ1) is 14.5. The van der Waals surface area contributed by atoms with Crippen molar-refractivity contribution in [2.45, 2.75) is 23.6 Å². The number of ether oxygens (including phenoxy) is 1. The summed E-state index contributed by atoms with van der Waals surface area (Å²) in [6.45, 7) is 4.19. The van der Waals surface area contributed by atoms with Gasteiger partial charge in [-0.3, -0.25) is 0 Å². The van der Waals surface area contributed by atoms with Gasteiger partial charge in [0.15, 0.2) is 0 Å². The van der Waals surface area contributed by atoms with Crippen molar-refractivity contribution in [3.05, 3.63) is 53.6 Å². The first-order valence-corrected chi connectivity index (χ1v) is 7.23. The van der Waals surface area contributed by atoms with Gasteiger partial charge in [0.25, 0.3) is 0 Å². The monoisotopic (exact) mass is 287 g/mol. The van der Waals surface area contributed by atoms with Gasteiger partial charge < -0.3 is 10.5 Å². The third kappa shape index (κ3) is 3.54. The summed E-state index contributed by atoms with van der Waals surface area (Å²) in [5.74, 6) is -0.342. The molecule has 20 heavy (non-hydrogen) atoms. The van der Waals surface area contributed by atoms with Crippen molar-refractivity contribution in [1.82, 2.24) is 0 Å². The lowest BCUT2D eigenvalue weighted by atomic mass is 10.2. The second kappa shape index (κ2) is 6.48. The van der Waals surface area contributed by atoms with Crippen molar-refractivity contribution in [2.24, 2.45) is 0 Å². The highest BCUT2D eigenvalue weighted by molar-refractivity contribution is 7.99. The molecule has 0 atom stereocenters. The molecule has 2 N–H and O–H groups in total. The van der Waals surface area contributed by atoms with E-state index in [-0.39, 0.29) is 5.97 Å². The van der Waals surface area contributed by atoms with Gasteiger partial charge in [-0.05, 0) is 44.2 Å². The van der Waals surface area contributed by atoms with Gasteiger partial charge in [-0.1, -0.05) is 29.5 Å². The molecule has 0 heterocycles. The molecule has 0 spiro atoms. The summed E-state index contributed by atoms with van der Waals surface area (Å²) in [5, 5.41) is 0. The van der Waals surface area contributed by atoms with Gasteiger partial charge in [0, 0.05) is 15.5 Å². The van der Waals surface area contributed by atoms with Crippen LogP contribution in [-0.4, -0.2) is 12.6 Å². The lowest BCUT2D eigenvalue weighted by Gasteiger charge is -2.08. The summed E-state index contributed by atoms with van der Waals surface area (Å²) in [7, 11) is 0. The Balaban J connectivity index is 2.17. The van der Waals surface area contributed by atoms with Gasteiger partial charge in [0.05, 0.1) is 12.2 Å². The van der Waals surface area contributed by atoms with E-state index in [1.54, 1.807) is 30.8 Å². The predicted octanol–water partition coefficient (Wildman–Crippen LogP) is 3.91. The van der Waals surface area contributed by atoms with Crippen LogP contribution < -0.4 is 5.73 Å². The molecule has 0 aliphatic rings. The molecule has 0 bridgehead atoms. The maximum atomic E-state index is 11.6. The molecule has 2 aromatic rings. The maximum Gasteiger partial charge on any atom is 0.338 e. The van der Waals surface area contributed by atoms with E-state index >= 15 is 0 Å². The smallest absolute Gasteiger partial charge is 0.338 e. The maximum absolute atomic E-state index is 11.6. The number of anilines is 1. The molecule has 0 amide bonds. The van der Waals surface area contributed by atoms with E-state index in [0.29, 0.717) is 17.9 Å². The van der Waals surface area contributed by atoms with Crippen LogP contribution in [0.3, 0.4) is 0 Å². The molecule has 104 valence electrons. The summed E-state index contributed by atoms with van der Waals surface area (Å²) in [6.07, 6.45) is 0. The zero-order valence-electron chi connectivity index (χ0n) is 11.6. The first-order valence-electron chi connectivity index (χ1n) is 6.41. The van der Waals surface area contributed by atoms with Crippen molar-refractivity contribution in [1.29, 1.82) is 0 Å². The molecule has 0 fully saturated rings. The predicted molar refractivity (Wildman–Crippen MR) is 82.1 cm³/mol. The highest BCUT2D eigenvalue weighted by Crippen LogP contribution is 2.32. The Morgan fingerprint density at radius 1 is 1.20 bits per heavy atom. The van der Waals surface area contributed by atoms with Crippen LogP contribution in [-0.2, 0) is 4.74 Å². The number of esters is 1. The average molecular weight is 287 g/mol. The number of carbonyl (C=O) groups excluding carboxylic acids is 1. The summed E-state index contributed by atoms with van der Waals surface area (Å²) < 4.78 is 4.95. The SMILES string of the molecule is CCOC(=O)c1ccc(Sc2ccc(C)cc2)c(N)c1. The van der Waals surface area contributed by atoms with Gasteiger partial charge >= 0.3 is 5.97 Å². The van der Waals surface area contributed by atoms with Crippen molar-refractivity contribution in [2.75, 3.05) is 12.3 Å². The molecule has 0 unspecified atom stereocenters. The molecule has 3 nitrogen and oxygen atoms in total.